The van der Waals surface area contributed by atoms with Crippen LogP contribution in [0.4, 0.5) is 0 Å². The molecule has 5 heteroatoms. The monoisotopic (exact) mass is 256 g/mol. The first kappa shape index (κ1) is 12.0. The van der Waals surface area contributed by atoms with Crippen molar-refractivity contribution in [3.63, 3.8) is 0 Å². The van der Waals surface area contributed by atoms with Gasteiger partial charge >= 0.3 is 0 Å². The number of aromatic nitrogens is 3. The number of nitrogens with one attached hydrogen (secondary N) is 1. The van der Waals surface area contributed by atoms with Crippen LogP contribution in [0.25, 0.3) is 5.69 Å². The number of hydrogen-bond acceptors (Lipinski definition) is 4. The molecule has 1 saturated heterocycles. The summed E-state index contributed by atoms with van der Waals surface area (Å²) in [6.07, 6.45) is 4.67. The van der Waals surface area contributed by atoms with Crippen molar-refractivity contribution >= 4 is 5.78 Å². The molecule has 0 aliphatic carbocycles. The number of para-hydroxylation sites is 1. The van der Waals surface area contributed by atoms with E-state index in [0.29, 0.717) is 5.69 Å². The summed E-state index contributed by atoms with van der Waals surface area (Å²) in [5, 5.41) is 11.2. The molecule has 1 aromatic heterocycles. The van der Waals surface area contributed by atoms with Gasteiger partial charge in [-0.05, 0) is 31.5 Å². The molecule has 1 N–H and O–H groups in total. The third-order valence-electron chi connectivity index (χ3n) is 3.43. The summed E-state index contributed by atoms with van der Waals surface area (Å²) in [5.41, 5.74) is 1.41. The quantitative estimate of drug-likeness (QED) is 0.847. The van der Waals surface area contributed by atoms with E-state index in [0.717, 1.165) is 31.5 Å². The molecule has 0 spiro atoms. The summed E-state index contributed by atoms with van der Waals surface area (Å²) < 4.78 is 1.61. The molecule has 2 aromatic rings. The zero-order valence-corrected chi connectivity index (χ0v) is 10.6. The van der Waals surface area contributed by atoms with Gasteiger partial charge in [0.05, 0.1) is 17.9 Å². The number of carbonyl (C=O) groups excluding carboxylic acids is 1. The first-order valence-electron chi connectivity index (χ1n) is 6.60. The molecule has 1 atom stereocenters. The standard InChI is InChI=1S/C14H16N4O/c19-14(12-8-4-5-9-15-12)13-10-16-17-18(13)11-6-2-1-3-7-11/h1-3,6-7,10,12,15H,4-5,8-9H2. The molecule has 1 fully saturated rings. The van der Waals surface area contributed by atoms with Crippen LogP contribution in [0.1, 0.15) is 29.8 Å². The lowest BCUT2D eigenvalue weighted by Gasteiger charge is -2.22. The number of carbonyl (C=O) groups is 1. The minimum atomic E-state index is -0.102. The van der Waals surface area contributed by atoms with Crippen LogP contribution in [0.2, 0.25) is 0 Å². The van der Waals surface area contributed by atoms with E-state index < -0.39 is 0 Å². The predicted molar refractivity (Wildman–Crippen MR) is 71.3 cm³/mol. The molecule has 1 aliphatic heterocycles. The minimum absolute atomic E-state index is 0.0774. The predicted octanol–water partition coefficient (Wildman–Crippen LogP) is 1.59. The van der Waals surface area contributed by atoms with Crippen LogP contribution in [0, 0.1) is 0 Å². The fraction of sp³-hybridized carbons (Fsp3) is 0.357. The second-order valence-electron chi connectivity index (χ2n) is 4.73. The molecule has 1 aromatic carbocycles. The minimum Gasteiger partial charge on any atom is -0.307 e. The number of Topliss-reactive ketones (excluding diaryl/α,β-unsaturated/α-hetero) is 1. The van der Waals surface area contributed by atoms with Gasteiger partial charge in [-0.2, -0.15) is 0 Å². The Morgan fingerprint density at radius 1 is 1.26 bits per heavy atom. The van der Waals surface area contributed by atoms with Gasteiger partial charge in [0.1, 0.15) is 5.69 Å². The van der Waals surface area contributed by atoms with Crippen molar-refractivity contribution in [3.8, 4) is 5.69 Å². The third kappa shape index (κ3) is 2.42. The van der Waals surface area contributed by atoms with E-state index in [4.69, 9.17) is 0 Å². The molecule has 0 saturated carbocycles. The van der Waals surface area contributed by atoms with Crippen molar-refractivity contribution in [1.29, 1.82) is 0 Å². The van der Waals surface area contributed by atoms with Gasteiger partial charge in [-0.3, -0.25) is 4.79 Å². The van der Waals surface area contributed by atoms with E-state index in [-0.39, 0.29) is 11.8 Å². The lowest BCUT2D eigenvalue weighted by Crippen LogP contribution is -2.41. The van der Waals surface area contributed by atoms with E-state index >= 15 is 0 Å². The number of hydrogen-bond donors (Lipinski definition) is 1. The van der Waals surface area contributed by atoms with Crippen LogP contribution in [-0.2, 0) is 0 Å². The van der Waals surface area contributed by atoms with E-state index in [1.165, 1.54) is 0 Å². The normalized spacial score (nSPS) is 19.3. The molecule has 3 rings (SSSR count). The molecular weight excluding hydrogens is 240 g/mol. The summed E-state index contributed by atoms with van der Waals surface area (Å²) in [4.78, 5) is 12.5. The van der Waals surface area contributed by atoms with Gasteiger partial charge in [0.15, 0.2) is 5.78 Å². The van der Waals surface area contributed by atoms with Crippen LogP contribution in [0.15, 0.2) is 36.5 Å². The first-order chi connectivity index (χ1) is 9.36. The fourth-order valence-corrected chi connectivity index (χ4v) is 2.42. The van der Waals surface area contributed by atoms with Crippen molar-refractivity contribution in [2.75, 3.05) is 6.54 Å². The average Bonchev–Trinajstić information content (AvgIpc) is 2.98. The first-order valence-corrected chi connectivity index (χ1v) is 6.60. The highest BCUT2D eigenvalue weighted by atomic mass is 16.1. The Kier molecular flexibility index (Phi) is 3.37. The molecule has 0 radical (unpaired) electrons. The highest BCUT2D eigenvalue weighted by Crippen LogP contribution is 2.15. The number of benzene rings is 1. The zero-order chi connectivity index (χ0) is 13.1. The molecule has 98 valence electrons. The van der Waals surface area contributed by atoms with Crippen LogP contribution in [-0.4, -0.2) is 33.4 Å². The second kappa shape index (κ2) is 5.32. The number of nitrogens with zero attached hydrogens (tertiary/aromatic N) is 3. The number of piperidine rings is 1. The molecule has 1 aliphatic rings. The topological polar surface area (TPSA) is 59.8 Å². The molecule has 1 unspecified atom stereocenters. The summed E-state index contributed by atoms with van der Waals surface area (Å²) >= 11 is 0. The number of ketones is 1. The SMILES string of the molecule is O=C(c1cnnn1-c1ccccc1)C1CCCCN1. The fourth-order valence-electron chi connectivity index (χ4n) is 2.42. The van der Waals surface area contributed by atoms with Crippen molar-refractivity contribution in [1.82, 2.24) is 20.3 Å². The van der Waals surface area contributed by atoms with Crippen molar-refractivity contribution in [3.05, 3.63) is 42.2 Å². The summed E-state index contributed by atoms with van der Waals surface area (Å²) in [6.45, 7) is 0.906. The highest BCUT2D eigenvalue weighted by molar-refractivity contribution is 5.98. The van der Waals surface area contributed by atoms with Gasteiger partial charge in [0.25, 0.3) is 0 Å². The Morgan fingerprint density at radius 3 is 2.84 bits per heavy atom. The smallest absolute Gasteiger partial charge is 0.199 e. The van der Waals surface area contributed by atoms with E-state index in [1.807, 2.05) is 30.3 Å². The van der Waals surface area contributed by atoms with Crippen molar-refractivity contribution in [2.45, 2.75) is 25.3 Å². The van der Waals surface area contributed by atoms with E-state index in [2.05, 4.69) is 15.6 Å². The van der Waals surface area contributed by atoms with Gasteiger partial charge in [-0.25, -0.2) is 4.68 Å². The van der Waals surface area contributed by atoms with Crippen LogP contribution >= 0.6 is 0 Å². The lowest BCUT2D eigenvalue weighted by atomic mass is 9.99. The molecule has 19 heavy (non-hydrogen) atoms. The Balaban J connectivity index is 1.89. The summed E-state index contributed by atoms with van der Waals surface area (Å²) in [5.74, 6) is 0.0774. The Hall–Kier alpha value is -2.01. The van der Waals surface area contributed by atoms with Crippen LogP contribution < -0.4 is 5.32 Å². The molecular formula is C14H16N4O. The van der Waals surface area contributed by atoms with Crippen LogP contribution in [0.3, 0.4) is 0 Å². The zero-order valence-electron chi connectivity index (χ0n) is 10.6. The summed E-state index contributed by atoms with van der Waals surface area (Å²) in [6, 6.07) is 9.51. The number of rotatable bonds is 3. The Bertz CT molecular complexity index is 558. The van der Waals surface area contributed by atoms with Crippen molar-refractivity contribution < 1.29 is 4.79 Å². The van der Waals surface area contributed by atoms with Gasteiger partial charge in [0.2, 0.25) is 0 Å². The maximum absolute atomic E-state index is 12.5. The van der Waals surface area contributed by atoms with Crippen LogP contribution in [0.5, 0.6) is 0 Å². The van der Waals surface area contributed by atoms with Gasteiger partial charge in [-0.15, -0.1) is 5.10 Å². The van der Waals surface area contributed by atoms with E-state index in [9.17, 15) is 4.79 Å². The Labute approximate surface area is 111 Å². The average molecular weight is 256 g/mol. The Morgan fingerprint density at radius 2 is 2.11 bits per heavy atom. The molecule has 0 amide bonds. The molecule has 0 bridgehead atoms. The molecule has 5 nitrogen and oxygen atoms in total. The van der Waals surface area contributed by atoms with Gasteiger partial charge < -0.3 is 5.32 Å². The maximum Gasteiger partial charge on any atom is 0.199 e. The second-order valence-corrected chi connectivity index (χ2v) is 4.73. The maximum atomic E-state index is 12.5. The van der Waals surface area contributed by atoms with Gasteiger partial charge in [0, 0.05) is 0 Å². The van der Waals surface area contributed by atoms with Crippen molar-refractivity contribution in [2.24, 2.45) is 0 Å². The van der Waals surface area contributed by atoms with E-state index in [1.54, 1.807) is 10.9 Å². The lowest BCUT2D eigenvalue weighted by molar-refractivity contribution is 0.0919. The highest BCUT2D eigenvalue weighted by Gasteiger charge is 2.25. The summed E-state index contributed by atoms with van der Waals surface area (Å²) in [7, 11) is 0. The largest absolute Gasteiger partial charge is 0.307 e. The van der Waals surface area contributed by atoms with Gasteiger partial charge in [-0.1, -0.05) is 29.8 Å². The molecule has 2 heterocycles. The third-order valence-corrected chi connectivity index (χ3v) is 3.43.